The van der Waals surface area contributed by atoms with Crippen LogP contribution in [0.4, 0.5) is 13.2 Å². The average Bonchev–Trinajstić information content (AvgIpc) is 3.27. The van der Waals surface area contributed by atoms with Crippen molar-refractivity contribution in [3.63, 3.8) is 0 Å². The van der Waals surface area contributed by atoms with Gasteiger partial charge in [-0.2, -0.15) is 23.3 Å². The lowest BCUT2D eigenvalue weighted by molar-refractivity contribution is -0.159. The fourth-order valence-electron chi connectivity index (χ4n) is 1.95. The van der Waals surface area contributed by atoms with E-state index in [9.17, 15) is 18.0 Å². The SMILES string of the molecule is CCOC(=O)c1cnn(Cc2ccc(-c3noc(C(F)(F)F)n3)s2)c1. The predicted octanol–water partition coefficient (Wildman–Crippen LogP) is 3.24. The van der Waals surface area contributed by atoms with Gasteiger partial charge in [0, 0.05) is 11.1 Å². The summed E-state index contributed by atoms with van der Waals surface area (Å²) in [5.74, 6) is -1.98. The summed E-state index contributed by atoms with van der Waals surface area (Å²) in [4.78, 5) is 16.2. The molecule has 0 aliphatic heterocycles. The van der Waals surface area contributed by atoms with Gasteiger partial charge < -0.3 is 9.26 Å². The van der Waals surface area contributed by atoms with Crippen LogP contribution < -0.4 is 0 Å². The summed E-state index contributed by atoms with van der Waals surface area (Å²) in [6.07, 6.45) is -1.75. The van der Waals surface area contributed by atoms with Crippen molar-refractivity contribution in [2.45, 2.75) is 19.6 Å². The Bertz CT molecular complexity index is 884. The highest BCUT2D eigenvalue weighted by Crippen LogP contribution is 2.31. The van der Waals surface area contributed by atoms with Crippen LogP contribution in [0.15, 0.2) is 29.0 Å². The first-order valence-electron chi connectivity index (χ1n) is 7.06. The molecule has 7 nitrogen and oxygen atoms in total. The molecule has 0 spiro atoms. The maximum atomic E-state index is 12.5. The van der Waals surface area contributed by atoms with Crippen molar-refractivity contribution >= 4 is 17.3 Å². The van der Waals surface area contributed by atoms with Crippen molar-refractivity contribution < 1.29 is 27.2 Å². The van der Waals surface area contributed by atoms with E-state index < -0.39 is 18.0 Å². The molecule has 0 saturated heterocycles. The van der Waals surface area contributed by atoms with E-state index >= 15 is 0 Å². The Kier molecular flexibility index (Phi) is 4.57. The summed E-state index contributed by atoms with van der Waals surface area (Å²) in [7, 11) is 0. The van der Waals surface area contributed by atoms with Gasteiger partial charge in [-0.3, -0.25) is 4.68 Å². The number of carbonyl (C=O) groups excluding carboxylic acids is 1. The summed E-state index contributed by atoms with van der Waals surface area (Å²) in [5.41, 5.74) is 0.326. The van der Waals surface area contributed by atoms with Crippen LogP contribution in [0.25, 0.3) is 10.7 Å². The van der Waals surface area contributed by atoms with E-state index in [1.165, 1.54) is 28.4 Å². The lowest BCUT2D eigenvalue weighted by Crippen LogP contribution is -2.04. The van der Waals surface area contributed by atoms with Crippen LogP contribution in [-0.4, -0.2) is 32.5 Å². The molecule has 3 aromatic heterocycles. The Morgan fingerprint density at radius 1 is 1.40 bits per heavy atom. The quantitative estimate of drug-likeness (QED) is 0.640. The number of ether oxygens (including phenoxy) is 1. The number of alkyl halides is 3. The first-order valence-corrected chi connectivity index (χ1v) is 7.88. The fraction of sp³-hybridized carbons (Fsp3) is 0.286. The first kappa shape index (κ1) is 17.1. The molecule has 0 radical (unpaired) electrons. The zero-order chi connectivity index (χ0) is 18.0. The molecule has 0 unspecified atom stereocenters. The number of hydrogen-bond acceptors (Lipinski definition) is 7. The largest absolute Gasteiger partial charge is 0.471 e. The van der Waals surface area contributed by atoms with Gasteiger partial charge in [-0.1, -0.05) is 5.16 Å². The Morgan fingerprint density at radius 2 is 2.20 bits per heavy atom. The van der Waals surface area contributed by atoms with Crippen molar-refractivity contribution in [1.82, 2.24) is 19.9 Å². The maximum Gasteiger partial charge on any atom is 0.471 e. The molecule has 3 rings (SSSR count). The van der Waals surface area contributed by atoms with E-state index in [2.05, 4.69) is 19.8 Å². The van der Waals surface area contributed by atoms with Gasteiger partial charge in [-0.25, -0.2) is 4.79 Å². The van der Waals surface area contributed by atoms with Gasteiger partial charge in [0.25, 0.3) is 0 Å². The van der Waals surface area contributed by atoms with Crippen LogP contribution >= 0.6 is 11.3 Å². The van der Waals surface area contributed by atoms with Gasteiger partial charge in [0.15, 0.2) is 0 Å². The zero-order valence-corrected chi connectivity index (χ0v) is 13.6. The molecule has 0 aromatic carbocycles. The van der Waals surface area contributed by atoms with Crippen molar-refractivity contribution in [1.29, 1.82) is 0 Å². The second-order valence-electron chi connectivity index (χ2n) is 4.83. The fourth-order valence-corrected chi connectivity index (χ4v) is 2.88. The molecule has 0 atom stereocenters. The predicted molar refractivity (Wildman–Crippen MR) is 79.9 cm³/mol. The molecule has 3 aromatic rings. The minimum absolute atomic E-state index is 0.128. The summed E-state index contributed by atoms with van der Waals surface area (Å²) >= 11 is 1.20. The van der Waals surface area contributed by atoms with Gasteiger partial charge in [0.05, 0.1) is 29.8 Å². The Morgan fingerprint density at radius 3 is 2.88 bits per heavy atom. The number of hydrogen-bond donors (Lipinski definition) is 0. The van der Waals surface area contributed by atoms with Crippen LogP contribution in [0.5, 0.6) is 0 Å². The Labute approximate surface area is 143 Å². The van der Waals surface area contributed by atoms with E-state index in [0.29, 0.717) is 17.0 Å². The van der Waals surface area contributed by atoms with Crippen molar-refractivity contribution in [2.75, 3.05) is 6.61 Å². The van der Waals surface area contributed by atoms with Gasteiger partial charge in [0.1, 0.15) is 0 Å². The van der Waals surface area contributed by atoms with E-state index in [1.54, 1.807) is 19.1 Å². The minimum Gasteiger partial charge on any atom is -0.462 e. The highest BCUT2D eigenvalue weighted by Gasteiger charge is 2.38. The second-order valence-corrected chi connectivity index (χ2v) is 6.00. The number of halogens is 3. The third kappa shape index (κ3) is 3.87. The molecular formula is C14H11F3N4O3S. The third-order valence-corrected chi connectivity index (χ3v) is 4.08. The van der Waals surface area contributed by atoms with Gasteiger partial charge in [-0.15, -0.1) is 11.3 Å². The number of esters is 1. The van der Waals surface area contributed by atoms with Gasteiger partial charge >= 0.3 is 18.0 Å². The van der Waals surface area contributed by atoms with E-state index in [0.717, 1.165) is 4.88 Å². The molecular weight excluding hydrogens is 361 g/mol. The monoisotopic (exact) mass is 372 g/mol. The highest BCUT2D eigenvalue weighted by molar-refractivity contribution is 7.15. The normalized spacial score (nSPS) is 11.7. The topological polar surface area (TPSA) is 83.0 Å². The molecule has 3 heterocycles. The van der Waals surface area contributed by atoms with Gasteiger partial charge in [-0.05, 0) is 19.1 Å². The lowest BCUT2D eigenvalue weighted by atomic mass is 10.4. The molecule has 25 heavy (non-hydrogen) atoms. The maximum absolute atomic E-state index is 12.5. The average molecular weight is 372 g/mol. The summed E-state index contributed by atoms with van der Waals surface area (Å²) in [6.45, 7) is 2.31. The standard InChI is InChI=1S/C14H11F3N4O3S/c1-2-23-12(22)8-5-18-21(6-8)7-9-3-4-10(25-9)11-19-13(24-20-11)14(15,16)17/h3-6H,2,7H2,1H3. The number of carbonyl (C=O) groups is 1. The van der Waals surface area contributed by atoms with E-state index in [-0.39, 0.29) is 12.4 Å². The van der Waals surface area contributed by atoms with Crippen LogP contribution in [0.3, 0.4) is 0 Å². The van der Waals surface area contributed by atoms with Gasteiger partial charge in [0.2, 0.25) is 5.82 Å². The molecule has 11 heteroatoms. The van der Waals surface area contributed by atoms with E-state index in [1.807, 2.05) is 0 Å². The molecule has 0 fully saturated rings. The summed E-state index contributed by atoms with van der Waals surface area (Å²) < 4.78 is 48.1. The minimum atomic E-state index is -4.68. The molecule has 0 aliphatic carbocycles. The molecule has 0 aliphatic rings. The Balaban J connectivity index is 1.72. The Hall–Kier alpha value is -2.69. The lowest BCUT2D eigenvalue weighted by Gasteiger charge is -1.98. The van der Waals surface area contributed by atoms with Crippen molar-refractivity contribution in [2.24, 2.45) is 0 Å². The molecule has 132 valence electrons. The number of thiophene rings is 1. The zero-order valence-electron chi connectivity index (χ0n) is 12.8. The smallest absolute Gasteiger partial charge is 0.462 e. The van der Waals surface area contributed by atoms with Crippen LogP contribution in [-0.2, 0) is 17.5 Å². The molecule has 0 saturated carbocycles. The highest BCUT2D eigenvalue weighted by atomic mass is 32.1. The molecule has 0 N–H and O–H groups in total. The van der Waals surface area contributed by atoms with E-state index in [4.69, 9.17) is 4.74 Å². The van der Waals surface area contributed by atoms with Crippen LogP contribution in [0, 0.1) is 0 Å². The first-order chi connectivity index (χ1) is 11.9. The number of nitrogens with zero attached hydrogens (tertiary/aromatic N) is 4. The number of aromatic nitrogens is 4. The van der Waals surface area contributed by atoms with Crippen LogP contribution in [0.1, 0.15) is 28.0 Å². The molecule has 0 bridgehead atoms. The summed E-state index contributed by atoms with van der Waals surface area (Å²) in [5, 5.41) is 7.40. The summed E-state index contributed by atoms with van der Waals surface area (Å²) in [6, 6.07) is 3.32. The third-order valence-electron chi connectivity index (χ3n) is 3.01. The van der Waals surface area contributed by atoms with Crippen LogP contribution in [0.2, 0.25) is 0 Å². The second kappa shape index (κ2) is 6.67. The van der Waals surface area contributed by atoms with Crippen molar-refractivity contribution in [3.05, 3.63) is 40.9 Å². The number of rotatable bonds is 5. The van der Waals surface area contributed by atoms with Crippen molar-refractivity contribution in [3.8, 4) is 10.7 Å². The molecule has 0 amide bonds.